The number of esters is 1. The summed E-state index contributed by atoms with van der Waals surface area (Å²) < 4.78 is 26.3. The van der Waals surface area contributed by atoms with Crippen molar-refractivity contribution in [3.8, 4) is 12.3 Å². The summed E-state index contributed by atoms with van der Waals surface area (Å²) in [6, 6.07) is 0. The second-order valence-corrected chi connectivity index (χ2v) is 12.6. The number of anilines is 1. The van der Waals surface area contributed by atoms with E-state index in [2.05, 4.69) is 27.8 Å². The molecular weight excluding hydrogens is 569 g/mol. The van der Waals surface area contributed by atoms with Gasteiger partial charge in [0.05, 0.1) is 6.33 Å². The van der Waals surface area contributed by atoms with Crippen molar-refractivity contribution in [1.82, 2.24) is 19.5 Å². The van der Waals surface area contributed by atoms with E-state index in [9.17, 15) is 9.18 Å². The molecule has 2 N–H and O–H groups in total. The Bertz CT molecular complexity index is 1120. The monoisotopic (exact) mass is 629 g/mol. The molecule has 0 bridgehead atoms. The van der Waals surface area contributed by atoms with Crippen molar-refractivity contribution >= 4 is 23.0 Å². The number of methoxy groups -OCH3 is 1. The van der Waals surface area contributed by atoms with Crippen LogP contribution >= 0.6 is 0 Å². The van der Waals surface area contributed by atoms with Crippen molar-refractivity contribution in [2.45, 2.75) is 167 Å². The summed E-state index contributed by atoms with van der Waals surface area (Å²) in [5.41, 5.74) is 5.21. The molecule has 0 aromatic carbocycles. The molecule has 0 aliphatic carbocycles. The Labute approximate surface area is 271 Å². The molecule has 254 valence electrons. The van der Waals surface area contributed by atoms with Crippen LogP contribution in [0.5, 0.6) is 0 Å². The van der Waals surface area contributed by atoms with E-state index in [1.807, 2.05) is 0 Å². The molecule has 0 radical (unpaired) electrons. The number of ether oxygens (including phenoxy) is 2. The van der Waals surface area contributed by atoms with Crippen LogP contribution in [0.3, 0.4) is 0 Å². The Hall–Kier alpha value is -2.73. The Morgan fingerprint density at radius 1 is 0.867 bits per heavy atom. The van der Waals surface area contributed by atoms with Crippen LogP contribution < -0.4 is 5.73 Å². The minimum Gasteiger partial charge on any atom is -0.462 e. The number of imidazole rings is 1. The highest BCUT2D eigenvalue weighted by atomic mass is 19.1. The van der Waals surface area contributed by atoms with E-state index >= 15 is 0 Å². The van der Waals surface area contributed by atoms with E-state index < -0.39 is 11.7 Å². The largest absolute Gasteiger partial charge is 0.462 e. The predicted molar refractivity (Wildman–Crippen MR) is 181 cm³/mol. The van der Waals surface area contributed by atoms with Gasteiger partial charge in [-0.25, -0.2) is 4.98 Å². The Morgan fingerprint density at radius 2 is 1.36 bits per heavy atom. The highest BCUT2D eigenvalue weighted by molar-refractivity contribution is 5.81. The van der Waals surface area contributed by atoms with Gasteiger partial charge in [-0.3, -0.25) is 4.79 Å². The van der Waals surface area contributed by atoms with Crippen molar-refractivity contribution in [2.24, 2.45) is 0 Å². The Kier molecular flexibility index (Phi) is 20.2. The molecule has 0 aliphatic heterocycles. The summed E-state index contributed by atoms with van der Waals surface area (Å²) in [6.07, 6.45) is 34.9. The lowest BCUT2D eigenvalue weighted by molar-refractivity contribution is -0.150. The second-order valence-electron chi connectivity index (χ2n) is 12.6. The van der Waals surface area contributed by atoms with Crippen molar-refractivity contribution in [3.63, 3.8) is 0 Å². The molecule has 2 heterocycles. The number of carbonyl (C=O) groups is 1. The first-order valence-corrected chi connectivity index (χ1v) is 17.8. The lowest BCUT2D eigenvalue weighted by atomic mass is 10.0. The number of nitrogen functional groups attached to an aromatic ring is 1. The lowest BCUT2D eigenvalue weighted by Gasteiger charge is -2.26. The number of nitrogens with two attached hydrogens (primary N) is 1. The normalized spacial score (nSPS) is 12.8. The molecule has 0 fully saturated rings. The number of carbonyl (C=O) groups excluding carboxylic acids is 1. The van der Waals surface area contributed by atoms with Crippen LogP contribution in [0.4, 0.5) is 10.2 Å². The average molecular weight is 630 g/mol. The van der Waals surface area contributed by atoms with E-state index in [1.165, 1.54) is 129 Å². The lowest BCUT2D eigenvalue weighted by Crippen LogP contribution is -2.37. The number of terminal acetylenes is 1. The van der Waals surface area contributed by atoms with Gasteiger partial charge in [0.15, 0.2) is 17.1 Å². The molecule has 0 amide bonds. The molecule has 0 spiro atoms. The molecule has 0 aliphatic rings. The van der Waals surface area contributed by atoms with Gasteiger partial charge in [-0.05, 0) is 6.42 Å². The van der Waals surface area contributed by atoms with Crippen LogP contribution in [-0.2, 0) is 20.8 Å². The zero-order valence-corrected chi connectivity index (χ0v) is 28.3. The third-order valence-corrected chi connectivity index (χ3v) is 8.82. The molecule has 1 unspecified atom stereocenters. The first kappa shape index (κ1) is 38.5. The molecule has 45 heavy (non-hydrogen) atoms. The van der Waals surface area contributed by atoms with E-state index in [0.717, 1.165) is 19.3 Å². The standard InChI is InChI=1S/C36H60FN5O3/c1-4-6-7-8-9-10-11-12-13-14-15-16-17-18-19-20-21-22-23-24-25-26-31(43)45-29-36(5-2,44-3)27-28-42-30-39-32-33(38)40-35(37)41-34(32)42/h2,30H,4,6-29H2,1,3H3,(H2,38,40,41). The highest BCUT2D eigenvalue weighted by Gasteiger charge is 2.30. The van der Waals surface area contributed by atoms with Crippen LogP contribution in [-0.4, -0.2) is 44.8 Å². The number of nitrogens with zero attached hydrogens (tertiary/aromatic N) is 4. The summed E-state index contributed by atoms with van der Waals surface area (Å²) in [5.74, 6) is 2.32. The molecule has 0 saturated heterocycles. The van der Waals surface area contributed by atoms with Gasteiger partial charge in [0.1, 0.15) is 12.1 Å². The molecule has 9 heteroatoms. The van der Waals surface area contributed by atoms with Gasteiger partial charge in [-0.2, -0.15) is 14.4 Å². The number of unbranched alkanes of at least 4 members (excludes halogenated alkanes) is 20. The Balaban J connectivity index is 1.43. The van der Waals surface area contributed by atoms with Crippen molar-refractivity contribution in [1.29, 1.82) is 0 Å². The maximum atomic E-state index is 13.6. The quantitative estimate of drug-likeness (QED) is 0.0433. The summed E-state index contributed by atoms with van der Waals surface area (Å²) >= 11 is 0. The van der Waals surface area contributed by atoms with Crippen molar-refractivity contribution in [3.05, 3.63) is 12.4 Å². The third kappa shape index (κ3) is 15.9. The maximum Gasteiger partial charge on any atom is 0.312 e. The van der Waals surface area contributed by atoms with Crippen LogP contribution in [0.25, 0.3) is 11.2 Å². The Morgan fingerprint density at radius 3 is 1.82 bits per heavy atom. The predicted octanol–water partition coefficient (Wildman–Crippen LogP) is 9.10. The number of halogens is 1. The zero-order chi connectivity index (χ0) is 32.6. The summed E-state index contributed by atoms with van der Waals surface area (Å²) in [6.45, 7) is 2.54. The first-order chi connectivity index (χ1) is 21.9. The first-order valence-electron chi connectivity index (χ1n) is 17.8. The van der Waals surface area contributed by atoms with Crippen LogP contribution in [0.1, 0.15) is 155 Å². The van der Waals surface area contributed by atoms with E-state index in [0.29, 0.717) is 24.9 Å². The van der Waals surface area contributed by atoms with Crippen molar-refractivity contribution < 1.29 is 18.7 Å². The van der Waals surface area contributed by atoms with Gasteiger partial charge < -0.3 is 19.8 Å². The minimum absolute atomic E-state index is 0.0274. The van der Waals surface area contributed by atoms with Crippen LogP contribution in [0.15, 0.2) is 6.33 Å². The molecule has 2 rings (SSSR count). The van der Waals surface area contributed by atoms with Crippen molar-refractivity contribution in [2.75, 3.05) is 19.5 Å². The van der Waals surface area contributed by atoms with E-state index in [4.69, 9.17) is 21.6 Å². The molecule has 2 aromatic heterocycles. The number of hydrogen-bond donors (Lipinski definition) is 1. The number of rotatable bonds is 28. The minimum atomic E-state index is -1.11. The summed E-state index contributed by atoms with van der Waals surface area (Å²) in [4.78, 5) is 23.8. The maximum absolute atomic E-state index is 13.6. The number of aryl methyl sites for hydroxylation is 1. The molecule has 2 aromatic rings. The van der Waals surface area contributed by atoms with Crippen LogP contribution in [0.2, 0.25) is 0 Å². The number of hydrogen-bond acceptors (Lipinski definition) is 7. The van der Waals surface area contributed by atoms with Gasteiger partial charge in [-0.1, -0.05) is 141 Å². The summed E-state index contributed by atoms with van der Waals surface area (Å²) in [7, 11) is 1.49. The fraction of sp³-hybridized carbons (Fsp3) is 0.778. The molecule has 0 saturated carbocycles. The van der Waals surface area contributed by atoms with Gasteiger partial charge in [-0.15, -0.1) is 6.42 Å². The van der Waals surface area contributed by atoms with Gasteiger partial charge in [0.25, 0.3) is 0 Å². The van der Waals surface area contributed by atoms with E-state index in [-0.39, 0.29) is 24.0 Å². The van der Waals surface area contributed by atoms with Gasteiger partial charge >= 0.3 is 12.0 Å². The van der Waals surface area contributed by atoms with Gasteiger partial charge in [0.2, 0.25) is 0 Å². The SMILES string of the molecule is C#CC(CCn1cnc2c(N)nc(F)nc21)(COC(=O)CCCCCCCCCCCCCCCCCCCCCCC)OC. The third-order valence-electron chi connectivity index (χ3n) is 8.82. The van der Waals surface area contributed by atoms with Crippen LogP contribution in [0, 0.1) is 18.4 Å². The number of aromatic nitrogens is 4. The molecule has 1 atom stereocenters. The highest BCUT2D eigenvalue weighted by Crippen LogP contribution is 2.21. The fourth-order valence-corrected chi connectivity index (χ4v) is 5.78. The molecule has 8 nitrogen and oxygen atoms in total. The van der Waals surface area contributed by atoms with Gasteiger partial charge in [0, 0.05) is 26.5 Å². The number of fused-ring (bicyclic) bond motifs is 1. The van der Waals surface area contributed by atoms with E-state index in [1.54, 1.807) is 4.57 Å². The molecular formula is C36H60FN5O3. The second kappa shape index (κ2) is 23.6. The zero-order valence-electron chi connectivity index (χ0n) is 28.3. The smallest absolute Gasteiger partial charge is 0.312 e. The average Bonchev–Trinajstić information content (AvgIpc) is 3.45. The fourth-order valence-electron chi connectivity index (χ4n) is 5.78. The summed E-state index contributed by atoms with van der Waals surface area (Å²) in [5, 5.41) is 0. The topological polar surface area (TPSA) is 105 Å².